The number of aliphatic hydroxyl groups is 5. The first-order chi connectivity index (χ1) is 37.2. The number of aliphatic hydroxyl groups excluding tert-OH is 5. The average Bonchev–Trinajstić information content (AvgIpc) is 3.42. The Morgan fingerprint density at radius 2 is 0.947 bits per heavy atom. The van der Waals surface area contributed by atoms with Crippen molar-refractivity contribution in [1.82, 2.24) is 5.32 Å². The molecule has 0 radical (unpaired) electrons. The molecule has 440 valence electrons. The summed E-state index contributed by atoms with van der Waals surface area (Å²) in [6.45, 7) is 5.67. The number of ether oxygens (including phenoxy) is 3. The highest BCUT2D eigenvalue weighted by Crippen LogP contribution is 2.26. The lowest BCUT2D eigenvalue weighted by molar-refractivity contribution is -0.305. The molecule has 1 rings (SSSR count). The number of unbranched alkanes of at least 4 members (excludes halogenated alkanes) is 28. The predicted octanol–water partition coefficient (Wildman–Crippen LogP) is 14.8. The van der Waals surface area contributed by atoms with Crippen molar-refractivity contribution in [3.8, 4) is 0 Å². The van der Waals surface area contributed by atoms with Crippen molar-refractivity contribution in [2.45, 2.75) is 314 Å². The van der Waals surface area contributed by atoms with Crippen LogP contribution in [0.3, 0.4) is 0 Å². The molecule has 0 spiro atoms. The van der Waals surface area contributed by atoms with Gasteiger partial charge in [0.15, 0.2) is 12.4 Å². The summed E-state index contributed by atoms with van der Waals surface area (Å²) in [5, 5.41) is 57.0. The van der Waals surface area contributed by atoms with Crippen LogP contribution in [0, 0.1) is 0 Å². The Morgan fingerprint density at radius 1 is 0.526 bits per heavy atom. The number of nitrogens with one attached hydrogen (secondary N) is 1. The van der Waals surface area contributed by atoms with Crippen molar-refractivity contribution in [2.24, 2.45) is 0 Å². The molecule has 11 heteroatoms. The van der Waals surface area contributed by atoms with Crippen molar-refractivity contribution < 1.29 is 49.3 Å². The number of allylic oxidation sites excluding steroid dienone is 11. The molecule has 6 N–H and O–H groups in total. The highest BCUT2D eigenvalue weighted by atomic mass is 16.7. The Labute approximate surface area is 464 Å². The Bertz CT molecular complexity index is 1510. The third kappa shape index (κ3) is 40.3. The SMILES string of the molecule is CC/C=C\C/C=C\C/C=C\C/C=C\C/C=C\CCCCCCCC(=O)OC1C(OCC(NC(=O)C(O)CCCCCCCCCCCCCCC)C(O)/C=C/CCCCCCCCCCCCC)OC(CO)C(O)C1O. The summed E-state index contributed by atoms with van der Waals surface area (Å²) < 4.78 is 17.6. The van der Waals surface area contributed by atoms with Gasteiger partial charge in [0, 0.05) is 6.42 Å². The van der Waals surface area contributed by atoms with Crippen molar-refractivity contribution in [3.63, 3.8) is 0 Å². The van der Waals surface area contributed by atoms with E-state index in [1.807, 2.05) is 6.08 Å². The number of esters is 1. The van der Waals surface area contributed by atoms with Gasteiger partial charge in [-0.3, -0.25) is 9.59 Å². The molecule has 0 aliphatic carbocycles. The van der Waals surface area contributed by atoms with E-state index in [-0.39, 0.29) is 13.0 Å². The molecule has 0 aromatic rings. The molecule has 1 heterocycles. The maximum absolute atomic E-state index is 13.4. The summed E-state index contributed by atoms with van der Waals surface area (Å²) in [6.07, 6.45) is 56.5. The van der Waals surface area contributed by atoms with Gasteiger partial charge in [-0.1, -0.05) is 261 Å². The molecular formula is C65H115NO10. The van der Waals surface area contributed by atoms with Crippen LogP contribution < -0.4 is 5.32 Å². The Balaban J connectivity index is 2.69. The second-order valence-corrected chi connectivity index (χ2v) is 21.4. The van der Waals surface area contributed by atoms with E-state index in [2.05, 4.69) is 86.8 Å². The van der Waals surface area contributed by atoms with Gasteiger partial charge in [-0.15, -0.1) is 0 Å². The maximum atomic E-state index is 13.4. The van der Waals surface area contributed by atoms with Crippen LogP contribution in [-0.4, -0.2) is 99.6 Å². The molecule has 1 amide bonds. The van der Waals surface area contributed by atoms with Gasteiger partial charge in [-0.25, -0.2) is 0 Å². The van der Waals surface area contributed by atoms with E-state index in [9.17, 15) is 35.1 Å². The number of carbonyl (C=O) groups is 2. The summed E-state index contributed by atoms with van der Waals surface area (Å²) in [7, 11) is 0. The Kier molecular flexibility index (Phi) is 49.4. The Hall–Kier alpha value is -2.90. The Morgan fingerprint density at radius 3 is 1.42 bits per heavy atom. The molecule has 0 aromatic heterocycles. The number of rotatable bonds is 52. The molecular weight excluding hydrogens is 955 g/mol. The number of carbonyl (C=O) groups excluding carboxylic acids is 2. The molecule has 8 atom stereocenters. The van der Waals surface area contributed by atoms with Crippen molar-refractivity contribution in [3.05, 3.63) is 72.9 Å². The molecule has 1 fully saturated rings. The third-order valence-electron chi connectivity index (χ3n) is 14.4. The minimum atomic E-state index is -1.62. The van der Waals surface area contributed by atoms with E-state index in [0.717, 1.165) is 103 Å². The molecule has 1 aliphatic rings. The van der Waals surface area contributed by atoms with E-state index in [0.29, 0.717) is 19.3 Å². The summed E-state index contributed by atoms with van der Waals surface area (Å²) >= 11 is 0. The minimum absolute atomic E-state index is 0.0999. The highest BCUT2D eigenvalue weighted by molar-refractivity contribution is 5.80. The maximum Gasteiger partial charge on any atom is 0.306 e. The fourth-order valence-electron chi connectivity index (χ4n) is 9.44. The summed E-state index contributed by atoms with van der Waals surface area (Å²) in [6, 6.07) is -1.03. The van der Waals surface area contributed by atoms with Gasteiger partial charge in [0.25, 0.3) is 0 Å². The van der Waals surface area contributed by atoms with Crippen LogP contribution in [0.4, 0.5) is 0 Å². The lowest BCUT2D eigenvalue weighted by atomic mass is 9.99. The fraction of sp³-hybridized carbons (Fsp3) is 0.785. The van der Waals surface area contributed by atoms with Gasteiger partial charge in [-0.05, 0) is 70.6 Å². The van der Waals surface area contributed by atoms with Crippen LogP contribution in [0.25, 0.3) is 0 Å². The summed E-state index contributed by atoms with van der Waals surface area (Å²) in [5.41, 5.74) is 0. The highest BCUT2D eigenvalue weighted by Gasteiger charge is 2.47. The number of hydrogen-bond acceptors (Lipinski definition) is 10. The van der Waals surface area contributed by atoms with Gasteiger partial charge in [0.05, 0.1) is 25.4 Å². The third-order valence-corrected chi connectivity index (χ3v) is 14.4. The van der Waals surface area contributed by atoms with E-state index >= 15 is 0 Å². The molecule has 1 saturated heterocycles. The zero-order valence-electron chi connectivity index (χ0n) is 48.6. The summed E-state index contributed by atoms with van der Waals surface area (Å²) in [4.78, 5) is 26.5. The first kappa shape index (κ1) is 71.1. The average molecular weight is 1070 g/mol. The van der Waals surface area contributed by atoms with Gasteiger partial charge >= 0.3 is 5.97 Å². The van der Waals surface area contributed by atoms with E-state index < -0.39 is 67.4 Å². The minimum Gasteiger partial charge on any atom is -0.454 e. The van der Waals surface area contributed by atoms with Gasteiger partial charge in [-0.2, -0.15) is 0 Å². The van der Waals surface area contributed by atoms with E-state index in [1.54, 1.807) is 6.08 Å². The van der Waals surface area contributed by atoms with Gasteiger partial charge < -0.3 is 45.1 Å². The lowest BCUT2D eigenvalue weighted by Crippen LogP contribution is -2.61. The van der Waals surface area contributed by atoms with Gasteiger partial charge in [0.2, 0.25) is 5.91 Å². The molecule has 0 bridgehead atoms. The fourth-order valence-corrected chi connectivity index (χ4v) is 9.44. The summed E-state index contributed by atoms with van der Waals surface area (Å²) in [5.74, 6) is -1.21. The largest absolute Gasteiger partial charge is 0.454 e. The smallest absolute Gasteiger partial charge is 0.306 e. The van der Waals surface area contributed by atoms with Crippen LogP contribution in [0.5, 0.6) is 0 Å². The molecule has 0 saturated carbocycles. The topological polar surface area (TPSA) is 175 Å². The van der Waals surface area contributed by atoms with E-state index in [1.165, 1.54) is 116 Å². The monoisotopic (exact) mass is 1070 g/mol. The molecule has 0 aromatic carbocycles. The van der Waals surface area contributed by atoms with Gasteiger partial charge in [0.1, 0.15) is 24.4 Å². The lowest BCUT2D eigenvalue weighted by Gasteiger charge is -2.41. The van der Waals surface area contributed by atoms with Crippen LogP contribution in [0.15, 0.2) is 72.9 Å². The van der Waals surface area contributed by atoms with Crippen molar-refractivity contribution in [1.29, 1.82) is 0 Å². The number of hydrogen-bond donors (Lipinski definition) is 6. The normalized spacial score (nSPS) is 19.6. The zero-order valence-corrected chi connectivity index (χ0v) is 48.6. The van der Waals surface area contributed by atoms with Crippen LogP contribution >= 0.6 is 0 Å². The van der Waals surface area contributed by atoms with E-state index in [4.69, 9.17) is 14.2 Å². The second-order valence-electron chi connectivity index (χ2n) is 21.4. The van der Waals surface area contributed by atoms with Crippen LogP contribution in [0.2, 0.25) is 0 Å². The quantitative estimate of drug-likeness (QED) is 0.0195. The van der Waals surface area contributed by atoms with Crippen LogP contribution in [-0.2, 0) is 23.8 Å². The first-order valence-electron chi connectivity index (χ1n) is 31.2. The first-order valence-corrected chi connectivity index (χ1v) is 31.2. The second kappa shape index (κ2) is 52.8. The molecule has 8 unspecified atom stereocenters. The van der Waals surface area contributed by atoms with Crippen molar-refractivity contribution >= 4 is 11.9 Å². The number of amides is 1. The van der Waals surface area contributed by atoms with Crippen LogP contribution in [0.1, 0.15) is 265 Å². The molecule has 1 aliphatic heterocycles. The predicted molar refractivity (Wildman–Crippen MR) is 315 cm³/mol. The molecule has 76 heavy (non-hydrogen) atoms. The zero-order chi connectivity index (χ0) is 55.4. The standard InChI is InChI=1S/C65H115NO10/c1-4-7-10-13-16-19-22-25-26-27-28-29-30-31-32-35-38-41-44-47-50-53-60(70)76-63-62(72)61(71)59(54-67)75-65(63)74-55-56(57(68)51-48-45-42-39-36-33-23-20-17-14-11-8-5-2)66-64(73)58(69)52-49-46-43-40-37-34-24-21-18-15-12-9-6-3/h7,10,16,19,25-26,28-29,31-32,48,51,56-59,61-63,65,67-69,71-72H,4-6,8-9,11-15,17-18,20-24,27,30,33-47,49-50,52-55H2,1-3H3,(H,66,73)/b10-7-,19-16-,26-25-,29-28-,32-31-,51-48+. The van der Waals surface area contributed by atoms with Crippen molar-refractivity contribution in [2.75, 3.05) is 13.2 Å². The molecule has 11 nitrogen and oxygen atoms in total.